The lowest BCUT2D eigenvalue weighted by atomic mass is 9.98. The number of aromatic nitrogens is 3. The molecule has 34 heavy (non-hydrogen) atoms. The van der Waals surface area contributed by atoms with Gasteiger partial charge in [-0.1, -0.05) is 24.3 Å². The summed E-state index contributed by atoms with van der Waals surface area (Å²) in [5, 5.41) is 16.8. The Kier molecular flexibility index (Phi) is 6.51. The van der Waals surface area contributed by atoms with Crippen molar-refractivity contribution in [1.82, 2.24) is 19.9 Å². The topological polar surface area (TPSA) is 106 Å². The maximum Gasteiger partial charge on any atom is 0.254 e. The van der Waals surface area contributed by atoms with Gasteiger partial charge in [0.25, 0.3) is 5.91 Å². The van der Waals surface area contributed by atoms with Crippen molar-refractivity contribution in [3.63, 3.8) is 0 Å². The number of pyridine rings is 1. The summed E-state index contributed by atoms with van der Waals surface area (Å²) >= 11 is 0. The van der Waals surface area contributed by atoms with E-state index in [1.165, 1.54) is 34.8 Å². The van der Waals surface area contributed by atoms with E-state index in [0.717, 1.165) is 0 Å². The Morgan fingerprint density at radius 3 is 2.62 bits per heavy atom. The van der Waals surface area contributed by atoms with Gasteiger partial charge >= 0.3 is 0 Å². The summed E-state index contributed by atoms with van der Waals surface area (Å²) in [6, 6.07) is 10.4. The molecule has 10 heteroatoms. The number of nitrogen functional groups attached to an aromatic ring is 1. The molecule has 2 atom stereocenters. The zero-order chi connectivity index (χ0) is 24.4. The monoisotopic (exact) mass is 469 g/mol. The Balaban J connectivity index is 1.57. The van der Waals surface area contributed by atoms with Gasteiger partial charge in [0.2, 0.25) is 5.95 Å². The van der Waals surface area contributed by atoms with Crippen LogP contribution in [-0.4, -0.2) is 38.3 Å². The lowest BCUT2D eigenvalue weighted by molar-refractivity contribution is 0.0891. The number of aliphatic hydroxyl groups excluding tert-OH is 1. The number of alkyl halides is 1. The Hall–Kier alpha value is -3.92. The minimum atomic E-state index is -1.14. The van der Waals surface area contributed by atoms with E-state index in [9.17, 15) is 18.7 Å². The van der Waals surface area contributed by atoms with Crippen LogP contribution < -0.4 is 11.1 Å². The highest BCUT2D eigenvalue weighted by Crippen LogP contribution is 2.28. The summed E-state index contributed by atoms with van der Waals surface area (Å²) in [6.07, 6.45) is 0.267. The van der Waals surface area contributed by atoms with Crippen molar-refractivity contribution in [1.29, 1.82) is 0 Å². The molecule has 0 spiro atoms. The van der Waals surface area contributed by atoms with Gasteiger partial charge in [0.15, 0.2) is 5.65 Å². The number of aliphatic hydroxyl groups is 1. The molecule has 176 valence electrons. The smallest absolute Gasteiger partial charge is 0.254 e. The van der Waals surface area contributed by atoms with E-state index >= 15 is 4.39 Å². The molecule has 7 nitrogen and oxygen atoms in total. The number of aryl methyl sites for hydroxylation is 1. The maximum absolute atomic E-state index is 15.5. The molecular formula is C24H22F3N5O2. The van der Waals surface area contributed by atoms with E-state index in [1.807, 2.05) is 0 Å². The highest BCUT2D eigenvalue weighted by Gasteiger charge is 2.24. The Labute approximate surface area is 193 Å². The summed E-state index contributed by atoms with van der Waals surface area (Å²) in [5.41, 5.74) is 7.13. The van der Waals surface area contributed by atoms with Crippen LogP contribution in [0.4, 0.5) is 19.1 Å². The van der Waals surface area contributed by atoms with Crippen LogP contribution in [0.1, 0.15) is 34.0 Å². The minimum absolute atomic E-state index is 0.0710. The zero-order valence-electron chi connectivity index (χ0n) is 18.2. The highest BCUT2D eigenvalue weighted by molar-refractivity contribution is 5.97. The van der Waals surface area contributed by atoms with Gasteiger partial charge in [-0.15, -0.1) is 5.10 Å². The third kappa shape index (κ3) is 4.72. The first-order valence-electron chi connectivity index (χ1n) is 10.5. The first kappa shape index (κ1) is 23.2. The van der Waals surface area contributed by atoms with Crippen molar-refractivity contribution in [3.8, 4) is 11.1 Å². The summed E-state index contributed by atoms with van der Waals surface area (Å²) in [4.78, 5) is 17.0. The van der Waals surface area contributed by atoms with Gasteiger partial charge in [-0.25, -0.2) is 17.7 Å². The van der Waals surface area contributed by atoms with Gasteiger partial charge in [-0.05, 0) is 47.9 Å². The van der Waals surface area contributed by atoms with E-state index in [4.69, 9.17) is 5.73 Å². The standard InChI is InChI=1S/C24H22F3N5O2/c1-13-2-7-18(15-8-9-32-20(10-15)30-24(28)31-32)22(27)21(13)23(34)29-17(12-25)11-19(33)14-3-5-16(26)6-4-14/h2-10,17,19,33H,11-12H2,1H3,(H2,28,31)(H,29,34). The number of nitrogens with two attached hydrogens (primary N) is 1. The molecule has 0 aliphatic heterocycles. The molecular weight excluding hydrogens is 447 g/mol. The molecule has 0 fully saturated rings. The molecule has 1 amide bonds. The number of hydrogen-bond donors (Lipinski definition) is 3. The molecule has 4 N–H and O–H groups in total. The van der Waals surface area contributed by atoms with Gasteiger partial charge in [0.1, 0.15) is 18.3 Å². The zero-order valence-corrected chi connectivity index (χ0v) is 18.2. The van der Waals surface area contributed by atoms with Gasteiger partial charge < -0.3 is 16.2 Å². The van der Waals surface area contributed by atoms with Crippen molar-refractivity contribution < 1.29 is 23.1 Å². The van der Waals surface area contributed by atoms with E-state index in [2.05, 4.69) is 15.4 Å². The van der Waals surface area contributed by atoms with E-state index in [-0.39, 0.29) is 23.5 Å². The number of nitrogens with zero attached hydrogens (tertiary/aromatic N) is 3. The van der Waals surface area contributed by atoms with Crippen LogP contribution in [0.15, 0.2) is 54.7 Å². The number of halogens is 3. The second kappa shape index (κ2) is 9.52. The lowest BCUT2D eigenvalue weighted by Gasteiger charge is -2.20. The second-order valence-corrected chi connectivity index (χ2v) is 7.93. The average molecular weight is 469 g/mol. The molecule has 0 bridgehead atoms. The summed E-state index contributed by atoms with van der Waals surface area (Å²) in [7, 11) is 0. The number of amides is 1. The number of nitrogens with one attached hydrogen (secondary N) is 1. The average Bonchev–Trinajstić information content (AvgIpc) is 3.18. The van der Waals surface area contributed by atoms with Crippen LogP contribution in [0, 0.1) is 18.6 Å². The second-order valence-electron chi connectivity index (χ2n) is 7.93. The quantitative estimate of drug-likeness (QED) is 0.382. The SMILES string of the molecule is Cc1ccc(-c2ccn3nc(N)nc3c2)c(F)c1C(=O)NC(CF)CC(O)c1ccc(F)cc1. The van der Waals surface area contributed by atoms with Crippen LogP contribution in [0.3, 0.4) is 0 Å². The van der Waals surface area contributed by atoms with Crippen molar-refractivity contribution in [2.45, 2.75) is 25.5 Å². The molecule has 0 saturated carbocycles. The molecule has 2 aromatic carbocycles. The van der Waals surface area contributed by atoms with Gasteiger partial charge in [-0.3, -0.25) is 4.79 Å². The van der Waals surface area contributed by atoms with Crippen molar-refractivity contribution in [3.05, 3.63) is 83.1 Å². The van der Waals surface area contributed by atoms with E-state index in [0.29, 0.717) is 22.3 Å². The van der Waals surface area contributed by atoms with Crippen LogP contribution in [-0.2, 0) is 0 Å². The van der Waals surface area contributed by atoms with Crippen molar-refractivity contribution >= 4 is 17.5 Å². The van der Waals surface area contributed by atoms with Gasteiger partial charge in [0, 0.05) is 18.2 Å². The van der Waals surface area contributed by atoms with E-state index in [1.54, 1.807) is 31.3 Å². The largest absolute Gasteiger partial charge is 0.388 e. The molecule has 2 aromatic heterocycles. The Morgan fingerprint density at radius 2 is 1.91 bits per heavy atom. The molecule has 0 radical (unpaired) electrons. The van der Waals surface area contributed by atoms with Crippen LogP contribution >= 0.6 is 0 Å². The fourth-order valence-corrected chi connectivity index (χ4v) is 3.75. The fraction of sp³-hybridized carbons (Fsp3) is 0.208. The molecule has 2 heterocycles. The van der Waals surface area contributed by atoms with Crippen molar-refractivity contribution in [2.75, 3.05) is 12.4 Å². The van der Waals surface area contributed by atoms with Crippen LogP contribution in [0.25, 0.3) is 16.8 Å². The van der Waals surface area contributed by atoms with E-state index < -0.39 is 36.4 Å². The molecule has 0 saturated heterocycles. The van der Waals surface area contributed by atoms with Crippen LogP contribution in [0.2, 0.25) is 0 Å². The Bertz CT molecular complexity index is 1340. The number of fused-ring (bicyclic) bond motifs is 1. The molecule has 2 unspecified atom stereocenters. The van der Waals surface area contributed by atoms with Crippen LogP contribution in [0.5, 0.6) is 0 Å². The molecule has 0 aliphatic carbocycles. The third-order valence-electron chi connectivity index (χ3n) is 5.53. The first-order chi connectivity index (χ1) is 16.3. The van der Waals surface area contributed by atoms with Gasteiger partial charge in [-0.2, -0.15) is 4.98 Å². The number of benzene rings is 2. The number of rotatable bonds is 7. The molecule has 4 rings (SSSR count). The predicted octanol–water partition coefficient (Wildman–Crippen LogP) is 3.76. The Morgan fingerprint density at radius 1 is 1.18 bits per heavy atom. The molecule has 0 aliphatic rings. The van der Waals surface area contributed by atoms with Gasteiger partial charge in [0.05, 0.1) is 17.7 Å². The lowest BCUT2D eigenvalue weighted by Crippen LogP contribution is -2.38. The number of hydrogen-bond acceptors (Lipinski definition) is 5. The van der Waals surface area contributed by atoms with Crippen molar-refractivity contribution in [2.24, 2.45) is 0 Å². The predicted molar refractivity (Wildman–Crippen MR) is 121 cm³/mol. The summed E-state index contributed by atoms with van der Waals surface area (Å²) in [6.45, 7) is 0.595. The summed E-state index contributed by atoms with van der Waals surface area (Å²) < 4.78 is 43.7. The fourth-order valence-electron chi connectivity index (χ4n) is 3.75. The molecule has 4 aromatic rings. The normalized spacial score (nSPS) is 13.1. The first-order valence-corrected chi connectivity index (χ1v) is 10.5. The number of anilines is 1. The highest BCUT2D eigenvalue weighted by atomic mass is 19.1. The number of carbonyl (C=O) groups is 1. The minimum Gasteiger partial charge on any atom is -0.388 e. The third-order valence-corrected chi connectivity index (χ3v) is 5.53. The summed E-state index contributed by atoms with van der Waals surface area (Å²) in [5.74, 6) is -1.98. The maximum atomic E-state index is 15.5. The number of carbonyl (C=O) groups excluding carboxylic acids is 1.